The Hall–Kier alpha value is -2.51. The average molecular weight is 413 g/mol. The first-order valence-corrected chi connectivity index (χ1v) is 10.9. The van der Waals surface area contributed by atoms with E-state index >= 15 is 0 Å². The summed E-state index contributed by atoms with van der Waals surface area (Å²) in [4.78, 5) is 42.0. The number of fused-ring (bicyclic) bond motifs is 1. The number of carbonyl (C=O) groups excluding carboxylic acids is 3. The largest absolute Gasteiger partial charge is 0.376 e. The van der Waals surface area contributed by atoms with Gasteiger partial charge in [0.2, 0.25) is 5.91 Å². The lowest BCUT2D eigenvalue weighted by Gasteiger charge is -2.25. The molecule has 4 rings (SSSR count). The quantitative estimate of drug-likeness (QED) is 0.624. The Balaban J connectivity index is 1.34. The predicted octanol–water partition coefficient (Wildman–Crippen LogP) is 3.33. The van der Waals surface area contributed by atoms with Crippen LogP contribution in [-0.4, -0.2) is 53.3 Å². The van der Waals surface area contributed by atoms with Crippen molar-refractivity contribution in [2.24, 2.45) is 0 Å². The molecule has 29 heavy (non-hydrogen) atoms. The molecule has 0 unspecified atom stereocenters. The first-order chi connectivity index (χ1) is 14.1. The minimum atomic E-state index is -0.271. The molecule has 1 aromatic carbocycles. The number of nitrogens with zero attached hydrogens (tertiary/aromatic N) is 2. The smallest absolute Gasteiger partial charge is 0.261 e. The molecule has 1 saturated heterocycles. The van der Waals surface area contributed by atoms with Gasteiger partial charge < -0.3 is 9.64 Å². The number of ether oxygens (including phenoxy) is 1. The molecule has 1 aromatic heterocycles. The van der Waals surface area contributed by atoms with Crippen molar-refractivity contribution in [3.8, 4) is 0 Å². The molecule has 0 radical (unpaired) electrons. The number of hydrogen-bond acceptors (Lipinski definition) is 5. The van der Waals surface area contributed by atoms with Crippen LogP contribution in [0.5, 0.6) is 0 Å². The number of thiophene rings is 1. The molecule has 1 atom stereocenters. The Morgan fingerprint density at radius 3 is 2.52 bits per heavy atom. The minimum Gasteiger partial charge on any atom is -0.376 e. The van der Waals surface area contributed by atoms with Gasteiger partial charge in [0.05, 0.1) is 23.8 Å². The van der Waals surface area contributed by atoms with Crippen LogP contribution in [-0.2, 0) is 16.1 Å². The molecule has 2 aliphatic rings. The molecule has 0 aliphatic carbocycles. The number of imide groups is 1. The molecule has 0 spiro atoms. The second kappa shape index (κ2) is 8.88. The Morgan fingerprint density at radius 2 is 1.90 bits per heavy atom. The van der Waals surface area contributed by atoms with E-state index in [-0.39, 0.29) is 30.4 Å². The maximum atomic E-state index is 12.9. The fourth-order valence-corrected chi connectivity index (χ4v) is 4.59. The van der Waals surface area contributed by atoms with Gasteiger partial charge in [-0.05, 0) is 42.8 Å². The third-order valence-electron chi connectivity index (χ3n) is 5.38. The van der Waals surface area contributed by atoms with Crippen LogP contribution in [0.1, 0.15) is 51.3 Å². The van der Waals surface area contributed by atoms with E-state index in [2.05, 4.69) is 0 Å². The van der Waals surface area contributed by atoms with Crippen LogP contribution in [0.25, 0.3) is 0 Å². The monoisotopic (exact) mass is 412 g/mol. The summed E-state index contributed by atoms with van der Waals surface area (Å²) in [6, 6.07) is 10.9. The molecule has 3 amide bonds. The van der Waals surface area contributed by atoms with Gasteiger partial charge in [-0.3, -0.25) is 19.3 Å². The number of amides is 3. The second-order valence-electron chi connectivity index (χ2n) is 7.40. The lowest BCUT2D eigenvalue weighted by Crippen LogP contribution is -2.37. The molecule has 6 nitrogen and oxygen atoms in total. The molecule has 1 fully saturated rings. The van der Waals surface area contributed by atoms with Crippen molar-refractivity contribution in [3.63, 3.8) is 0 Å². The van der Waals surface area contributed by atoms with E-state index in [1.807, 2.05) is 22.4 Å². The highest BCUT2D eigenvalue weighted by Crippen LogP contribution is 2.23. The van der Waals surface area contributed by atoms with E-state index in [1.165, 1.54) is 4.90 Å². The van der Waals surface area contributed by atoms with Crippen molar-refractivity contribution < 1.29 is 19.1 Å². The Morgan fingerprint density at radius 1 is 1.14 bits per heavy atom. The van der Waals surface area contributed by atoms with Crippen molar-refractivity contribution >= 4 is 29.1 Å². The first-order valence-electron chi connectivity index (χ1n) is 10.0. The average Bonchev–Trinajstić information content (AvgIpc) is 3.47. The van der Waals surface area contributed by atoms with Gasteiger partial charge in [0.15, 0.2) is 0 Å². The highest BCUT2D eigenvalue weighted by molar-refractivity contribution is 7.09. The third-order valence-corrected chi connectivity index (χ3v) is 6.24. The van der Waals surface area contributed by atoms with Crippen LogP contribution >= 0.6 is 11.3 Å². The van der Waals surface area contributed by atoms with Gasteiger partial charge in [0.25, 0.3) is 11.8 Å². The molecule has 3 heterocycles. The van der Waals surface area contributed by atoms with Crippen molar-refractivity contribution in [1.82, 2.24) is 9.80 Å². The van der Waals surface area contributed by atoms with Crippen molar-refractivity contribution in [1.29, 1.82) is 0 Å². The molecule has 152 valence electrons. The van der Waals surface area contributed by atoms with Crippen molar-refractivity contribution in [2.45, 2.75) is 38.3 Å². The van der Waals surface area contributed by atoms with Gasteiger partial charge in [-0.25, -0.2) is 0 Å². The molecular formula is C22H24N2O4S. The zero-order chi connectivity index (χ0) is 20.2. The summed E-state index contributed by atoms with van der Waals surface area (Å²) in [5, 5.41) is 2.01. The van der Waals surface area contributed by atoms with Crippen LogP contribution in [0.15, 0.2) is 41.8 Å². The predicted molar refractivity (Wildman–Crippen MR) is 110 cm³/mol. The molecule has 7 heteroatoms. The second-order valence-corrected chi connectivity index (χ2v) is 8.43. The summed E-state index contributed by atoms with van der Waals surface area (Å²) in [5.41, 5.74) is 0.892. The normalized spacial score (nSPS) is 18.3. The lowest BCUT2D eigenvalue weighted by molar-refractivity contribution is -0.133. The number of rotatable bonds is 8. The Labute approximate surface area is 174 Å². The summed E-state index contributed by atoms with van der Waals surface area (Å²) < 4.78 is 5.71. The number of benzene rings is 1. The van der Waals surface area contributed by atoms with E-state index in [0.717, 1.165) is 24.3 Å². The minimum absolute atomic E-state index is 0.0329. The van der Waals surface area contributed by atoms with Crippen LogP contribution in [0.3, 0.4) is 0 Å². The molecule has 0 bridgehead atoms. The third kappa shape index (κ3) is 4.41. The molecule has 2 aliphatic heterocycles. The molecule has 2 aromatic rings. The fourth-order valence-electron chi connectivity index (χ4n) is 3.87. The van der Waals surface area contributed by atoms with Crippen LogP contribution in [0.4, 0.5) is 0 Å². The van der Waals surface area contributed by atoms with Crippen LogP contribution in [0.2, 0.25) is 0 Å². The fraction of sp³-hybridized carbons (Fsp3) is 0.409. The standard InChI is InChI=1S/C22H24N2O4S/c25-20(23(14-16-6-4-12-28-16)15-17-7-5-13-29-17)10-3-11-24-21(26)18-8-1-2-9-19(18)22(24)27/h1-2,5,7-9,13,16H,3-4,6,10-12,14-15H2/t16-/m1/s1. The number of carbonyl (C=O) groups is 3. The summed E-state index contributed by atoms with van der Waals surface area (Å²) in [5.74, 6) is -0.508. The molecule has 0 N–H and O–H groups in total. The van der Waals surface area contributed by atoms with Gasteiger partial charge >= 0.3 is 0 Å². The van der Waals surface area contributed by atoms with Gasteiger partial charge in [-0.2, -0.15) is 0 Å². The SMILES string of the molecule is O=C(CCCN1C(=O)c2ccccc2C1=O)N(Cc1cccs1)C[C@H]1CCCO1. The van der Waals surface area contributed by atoms with E-state index in [9.17, 15) is 14.4 Å². The summed E-state index contributed by atoms with van der Waals surface area (Å²) in [6.07, 6.45) is 2.85. The highest BCUT2D eigenvalue weighted by atomic mass is 32.1. The lowest BCUT2D eigenvalue weighted by atomic mass is 10.1. The van der Waals surface area contributed by atoms with Crippen molar-refractivity contribution in [2.75, 3.05) is 19.7 Å². The van der Waals surface area contributed by atoms with Gasteiger partial charge in [0.1, 0.15) is 0 Å². The summed E-state index contributed by atoms with van der Waals surface area (Å²) >= 11 is 1.63. The highest BCUT2D eigenvalue weighted by Gasteiger charge is 2.34. The number of hydrogen-bond donors (Lipinski definition) is 0. The van der Waals surface area contributed by atoms with Gasteiger partial charge in [0, 0.05) is 31.0 Å². The van der Waals surface area contributed by atoms with Crippen molar-refractivity contribution in [3.05, 3.63) is 57.8 Å². The van der Waals surface area contributed by atoms with Gasteiger partial charge in [-0.1, -0.05) is 18.2 Å². The molecular weight excluding hydrogens is 388 g/mol. The maximum absolute atomic E-state index is 12.9. The van der Waals surface area contributed by atoms with Crippen LogP contribution in [0, 0.1) is 0 Å². The Bertz CT molecular complexity index is 855. The topological polar surface area (TPSA) is 66.9 Å². The van der Waals surface area contributed by atoms with E-state index < -0.39 is 0 Å². The summed E-state index contributed by atoms with van der Waals surface area (Å²) in [6.45, 7) is 2.17. The molecule has 0 saturated carbocycles. The van der Waals surface area contributed by atoms with Gasteiger partial charge in [-0.15, -0.1) is 11.3 Å². The Kier molecular flexibility index (Phi) is 6.06. The van der Waals surface area contributed by atoms with E-state index in [4.69, 9.17) is 4.74 Å². The first kappa shape index (κ1) is 19.8. The summed E-state index contributed by atoms with van der Waals surface area (Å²) in [7, 11) is 0. The van der Waals surface area contributed by atoms with E-state index in [1.54, 1.807) is 35.6 Å². The maximum Gasteiger partial charge on any atom is 0.261 e. The zero-order valence-electron chi connectivity index (χ0n) is 16.2. The zero-order valence-corrected chi connectivity index (χ0v) is 17.0. The van der Waals surface area contributed by atoms with E-state index in [0.29, 0.717) is 37.1 Å². The van der Waals surface area contributed by atoms with Crippen LogP contribution < -0.4 is 0 Å².